The Hall–Kier alpha value is -2.49. The van der Waals surface area contributed by atoms with Crippen molar-refractivity contribution in [3.63, 3.8) is 0 Å². The molecule has 26 heavy (non-hydrogen) atoms. The average molecular weight is 353 g/mol. The lowest BCUT2D eigenvalue weighted by molar-refractivity contribution is -0.124. The zero-order valence-electron chi connectivity index (χ0n) is 16.2. The molecule has 0 spiro atoms. The summed E-state index contributed by atoms with van der Waals surface area (Å²) in [4.78, 5) is 12.5. The van der Waals surface area contributed by atoms with E-state index in [9.17, 15) is 4.79 Å². The van der Waals surface area contributed by atoms with E-state index >= 15 is 0 Å². The molecule has 0 radical (unpaired) electrons. The first-order chi connectivity index (χ1) is 12.2. The van der Waals surface area contributed by atoms with E-state index in [-0.39, 0.29) is 24.2 Å². The van der Waals surface area contributed by atoms with Crippen molar-refractivity contribution in [3.8, 4) is 11.5 Å². The van der Waals surface area contributed by atoms with Crippen LogP contribution in [-0.4, -0.2) is 18.1 Å². The lowest BCUT2D eigenvalue weighted by Gasteiger charge is -2.38. The van der Waals surface area contributed by atoms with Crippen molar-refractivity contribution < 1.29 is 14.3 Å². The molecule has 1 atom stereocenters. The van der Waals surface area contributed by atoms with Gasteiger partial charge in [0.15, 0.2) is 6.61 Å². The maximum absolute atomic E-state index is 12.5. The van der Waals surface area contributed by atoms with Gasteiger partial charge in [-0.1, -0.05) is 29.8 Å². The van der Waals surface area contributed by atoms with Gasteiger partial charge in [0.25, 0.3) is 5.91 Å². The summed E-state index contributed by atoms with van der Waals surface area (Å²) in [6, 6.07) is 11.9. The van der Waals surface area contributed by atoms with Crippen LogP contribution in [-0.2, 0) is 4.79 Å². The first-order valence-corrected chi connectivity index (χ1v) is 9.03. The van der Waals surface area contributed by atoms with Crippen LogP contribution in [0.5, 0.6) is 11.5 Å². The molecule has 0 saturated heterocycles. The molecular formula is C22H27NO3. The Morgan fingerprint density at radius 3 is 2.77 bits per heavy atom. The molecule has 0 aliphatic carbocycles. The van der Waals surface area contributed by atoms with Gasteiger partial charge >= 0.3 is 0 Å². The lowest BCUT2D eigenvalue weighted by atomic mass is 9.89. The molecule has 1 aliphatic heterocycles. The van der Waals surface area contributed by atoms with Gasteiger partial charge in [-0.15, -0.1) is 0 Å². The number of nitrogens with one attached hydrogen (secondary N) is 1. The largest absolute Gasteiger partial charge is 0.487 e. The molecule has 4 nitrogen and oxygen atoms in total. The van der Waals surface area contributed by atoms with Crippen LogP contribution < -0.4 is 14.8 Å². The number of amides is 1. The van der Waals surface area contributed by atoms with Crippen LogP contribution in [0.25, 0.3) is 0 Å². The fourth-order valence-corrected chi connectivity index (χ4v) is 3.36. The van der Waals surface area contributed by atoms with E-state index in [1.165, 1.54) is 0 Å². The molecule has 0 fully saturated rings. The van der Waals surface area contributed by atoms with Crippen molar-refractivity contribution in [1.82, 2.24) is 5.32 Å². The predicted octanol–water partition coefficient (Wildman–Crippen LogP) is 4.41. The van der Waals surface area contributed by atoms with Crippen LogP contribution in [0.3, 0.4) is 0 Å². The molecule has 0 aromatic heterocycles. The van der Waals surface area contributed by atoms with Crippen molar-refractivity contribution in [3.05, 3.63) is 58.7 Å². The summed E-state index contributed by atoms with van der Waals surface area (Å²) < 4.78 is 11.8. The number of carbonyl (C=O) groups is 1. The van der Waals surface area contributed by atoms with Gasteiger partial charge in [-0.2, -0.15) is 0 Å². The Bertz CT molecular complexity index is 826. The fraction of sp³-hybridized carbons (Fsp3) is 0.409. The van der Waals surface area contributed by atoms with Gasteiger partial charge in [0.05, 0.1) is 6.04 Å². The van der Waals surface area contributed by atoms with Crippen LogP contribution >= 0.6 is 0 Å². The Labute approximate surface area is 155 Å². The highest BCUT2D eigenvalue weighted by atomic mass is 16.5. The Morgan fingerprint density at radius 2 is 2.00 bits per heavy atom. The van der Waals surface area contributed by atoms with Crippen molar-refractivity contribution in [2.75, 3.05) is 6.61 Å². The molecule has 2 aromatic carbocycles. The monoisotopic (exact) mass is 353 g/mol. The summed E-state index contributed by atoms with van der Waals surface area (Å²) in [5.74, 6) is 1.47. The quantitative estimate of drug-likeness (QED) is 0.886. The number of ether oxygens (including phenoxy) is 2. The minimum atomic E-state index is -0.325. The first kappa shape index (κ1) is 18.3. The van der Waals surface area contributed by atoms with E-state index in [4.69, 9.17) is 9.47 Å². The zero-order chi connectivity index (χ0) is 18.9. The predicted molar refractivity (Wildman–Crippen MR) is 103 cm³/mol. The average Bonchev–Trinajstić information content (AvgIpc) is 2.56. The van der Waals surface area contributed by atoms with E-state index in [1.54, 1.807) is 0 Å². The second kappa shape index (κ2) is 7.02. The smallest absolute Gasteiger partial charge is 0.258 e. The molecular weight excluding hydrogens is 326 g/mol. The van der Waals surface area contributed by atoms with E-state index in [0.717, 1.165) is 40.2 Å². The third-order valence-corrected chi connectivity index (χ3v) is 4.87. The van der Waals surface area contributed by atoms with Crippen LogP contribution in [0, 0.1) is 20.8 Å². The van der Waals surface area contributed by atoms with Crippen LogP contribution in [0.4, 0.5) is 0 Å². The number of aryl methyl sites for hydroxylation is 2. The standard InChI is InChI=1S/C22H27NO3/c1-14-9-10-20-17(11-14)18(12-22(4,5)26-20)23-21(24)13-25-19-8-6-7-15(2)16(19)3/h6-11,18H,12-13H2,1-5H3,(H,23,24)/t18-/m1/s1. The van der Waals surface area contributed by atoms with Gasteiger partial charge in [0.2, 0.25) is 0 Å². The van der Waals surface area contributed by atoms with Crippen molar-refractivity contribution in [2.45, 2.75) is 52.7 Å². The summed E-state index contributed by atoms with van der Waals surface area (Å²) in [5, 5.41) is 3.12. The number of carbonyl (C=O) groups excluding carboxylic acids is 1. The molecule has 1 heterocycles. The van der Waals surface area contributed by atoms with Crippen molar-refractivity contribution in [1.29, 1.82) is 0 Å². The topological polar surface area (TPSA) is 47.6 Å². The van der Waals surface area contributed by atoms with Gasteiger partial charge in [-0.3, -0.25) is 4.79 Å². The summed E-state index contributed by atoms with van der Waals surface area (Å²) in [7, 11) is 0. The number of rotatable bonds is 4. The van der Waals surface area contributed by atoms with Crippen molar-refractivity contribution >= 4 is 5.91 Å². The number of hydrogen-bond acceptors (Lipinski definition) is 3. The fourth-order valence-electron chi connectivity index (χ4n) is 3.36. The van der Waals surface area contributed by atoms with E-state index in [2.05, 4.69) is 11.4 Å². The number of fused-ring (bicyclic) bond motifs is 1. The summed E-state index contributed by atoms with van der Waals surface area (Å²) >= 11 is 0. The third kappa shape index (κ3) is 4.01. The molecule has 2 aromatic rings. The lowest BCUT2D eigenvalue weighted by Crippen LogP contribution is -2.42. The summed E-state index contributed by atoms with van der Waals surface area (Å²) in [6.45, 7) is 10.2. The molecule has 0 bridgehead atoms. The Kier molecular flexibility index (Phi) is 4.94. The molecule has 1 amide bonds. The highest BCUT2D eigenvalue weighted by Crippen LogP contribution is 2.39. The van der Waals surface area contributed by atoms with Crippen LogP contribution in [0.1, 0.15) is 48.6 Å². The SMILES string of the molecule is Cc1ccc2c(c1)[C@H](NC(=O)COc1cccc(C)c1C)CC(C)(C)O2. The Morgan fingerprint density at radius 1 is 1.23 bits per heavy atom. The molecule has 138 valence electrons. The molecule has 0 unspecified atom stereocenters. The van der Waals surface area contributed by atoms with E-state index in [1.807, 2.05) is 65.0 Å². The van der Waals surface area contributed by atoms with E-state index < -0.39 is 0 Å². The second-order valence-corrected chi connectivity index (χ2v) is 7.71. The van der Waals surface area contributed by atoms with Gasteiger partial charge < -0.3 is 14.8 Å². The highest BCUT2D eigenvalue weighted by Gasteiger charge is 2.34. The summed E-state index contributed by atoms with van der Waals surface area (Å²) in [5.41, 5.74) is 4.07. The van der Waals surface area contributed by atoms with E-state index in [0.29, 0.717) is 0 Å². The van der Waals surface area contributed by atoms with Gasteiger partial charge in [0.1, 0.15) is 17.1 Å². The minimum absolute atomic E-state index is 0.00320. The number of benzene rings is 2. The van der Waals surface area contributed by atoms with Crippen molar-refractivity contribution in [2.24, 2.45) is 0 Å². The van der Waals surface area contributed by atoms with Gasteiger partial charge in [-0.25, -0.2) is 0 Å². The first-order valence-electron chi connectivity index (χ1n) is 9.03. The Balaban J connectivity index is 1.71. The zero-order valence-corrected chi connectivity index (χ0v) is 16.2. The van der Waals surface area contributed by atoms with Gasteiger partial charge in [0, 0.05) is 12.0 Å². The molecule has 1 N–H and O–H groups in total. The number of hydrogen-bond donors (Lipinski definition) is 1. The van der Waals surface area contributed by atoms with Crippen LogP contribution in [0.2, 0.25) is 0 Å². The molecule has 4 heteroatoms. The molecule has 3 rings (SSSR count). The summed E-state index contributed by atoms with van der Waals surface area (Å²) in [6.07, 6.45) is 0.721. The second-order valence-electron chi connectivity index (χ2n) is 7.71. The minimum Gasteiger partial charge on any atom is -0.487 e. The molecule has 1 aliphatic rings. The van der Waals surface area contributed by atoms with Crippen LogP contribution in [0.15, 0.2) is 36.4 Å². The third-order valence-electron chi connectivity index (χ3n) is 4.87. The normalized spacial score (nSPS) is 17.8. The van der Waals surface area contributed by atoms with Gasteiger partial charge in [-0.05, 0) is 57.9 Å². The molecule has 0 saturated carbocycles. The highest BCUT2D eigenvalue weighted by molar-refractivity contribution is 5.78. The maximum atomic E-state index is 12.5. The maximum Gasteiger partial charge on any atom is 0.258 e.